The Morgan fingerprint density at radius 3 is 2.80 bits per heavy atom. The van der Waals surface area contributed by atoms with Crippen LogP contribution in [0.1, 0.15) is 37.4 Å². The van der Waals surface area contributed by atoms with Gasteiger partial charge in [0.25, 0.3) is 0 Å². The molecule has 3 N–H and O–H groups in total. The number of nitrogens with one attached hydrogen (secondary N) is 3. The number of nitrogens with zero attached hydrogens (tertiary/aromatic N) is 1. The molecule has 4 nitrogen and oxygen atoms in total. The van der Waals surface area contributed by atoms with Crippen LogP contribution in [0.4, 0.5) is 5.82 Å². The highest BCUT2D eigenvalue weighted by Gasteiger charge is 2.18. The molecular formula is C11H20N4. The van der Waals surface area contributed by atoms with Crippen LogP contribution in [-0.4, -0.2) is 29.3 Å². The number of aromatic nitrogens is 2. The second kappa shape index (κ2) is 4.23. The van der Waals surface area contributed by atoms with Crippen LogP contribution in [0.2, 0.25) is 0 Å². The quantitative estimate of drug-likeness (QED) is 0.707. The Labute approximate surface area is 90.8 Å². The van der Waals surface area contributed by atoms with E-state index in [1.807, 2.05) is 0 Å². The van der Waals surface area contributed by atoms with Gasteiger partial charge in [-0.2, -0.15) is 5.10 Å². The topological polar surface area (TPSA) is 52.7 Å². The van der Waals surface area contributed by atoms with Gasteiger partial charge in [0.15, 0.2) is 5.82 Å². The molecule has 2 rings (SSSR count). The summed E-state index contributed by atoms with van der Waals surface area (Å²) in [5.74, 6) is 1.53. The van der Waals surface area contributed by atoms with Gasteiger partial charge in [-0.1, -0.05) is 13.8 Å². The average Bonchev–Trinajstić information content (AvgIpc) is 2.78. The molecule has 1 atom stereocenters. The molecule has 0 aliphatic carbocycles. The Balaban J connectivity index is 2.08. The SMILES string of the molecule is Cc1c(NC2CCNC2)n[nH]c1C(C)C. The average molecular weight is 208 g/mol. The highest BCUT2D eigenvalue weighted by molar-refractivity contribution is 5.47. The zero-order chi connectivity index (χ0) is 10.8. The van der Waals surface area contributed by atoms with Crippen molar-refractivity contribution in [3.05, 3.63) is 11.3 Å². The van der Waals surface area contributed by atoms with E-state index >= 15 is 0 Å². The molecule has 4 heteroatoms. The molecule has 0 spiro atoms. The number of anilines is 1. The maximum atomic E-state index is 4.34. The summed E-state index contributed by atoms with van der Waals surface area (Å²) in [7, 11) is 0. The van der Waals surface area contributed by atoms with Crippen LogP contribution in [0.3, 0.4) is 0 Å². The second-order valence-electron chi connectivity index (χ2n) is 4.60. The Morgan fingerprint density at radius 1 is 1.47 bits per heavy atom. The molecule has 1 aliphatic heterocycles. The fraction of sp³-hybridized carbons (Fsp3) is 0.727. The van der Waals surface area contributed by atoms with E-state index in [0.29, 0.717) is 12.0 Å². The number of rotatable bonds is 3. The lowest BCUT2D eigenvalue weighted by Crippen LogP contribution is -2.22. The van der Waals surface area contributed by atoms with Crippen LogP contribution in [0, 0.1) is 6.92 Å². The Kier molecular flexibility index (Phi) is 2.95. The summed E-state index contributed by atoms with van der Waals surface area (Å²) in [5, 5.41) is 14.3. The van der Waals surface area contributed by atoms with Gasteiger partial charge in [-0.25, -0.2) is 0 Å². The van der Waals surface area contributed by atoms with E-state index in [2.05, 4.69) is 41.6 Å². The summed E-state index contributed by atoms with van der Waals surface area (Å²) >= 11 is 0. The van der Waals surface area contributed by atoms with E-state index in [0.717, 1.165) is 18.9 Å². The van der Waals surface area contributed by atoms with Crippen molar-refractivity contribution in [1.29, 1.82) is 0 Å². The summed E-state index contributed by atoms with van der Waals surface area (Å²) < 4.78 is 0. The van der Waals surface area contributed by atoms with E-state index in [1.165, 1.54) is 17.7 Å². The predicted octanol–water partition coefficient (Wildman–Crippen LogP) is 1.62. The minimum absolute atomic E-state index is 0.509. The Hall–Kier alpha value is -1.03. The molecule has 1 aromatic rings. The Morgan fingerprint density at radius 2 is 2.27 bits per heavy atom. The van der Waals surface area contributed by atoms with Gasteiger partial charge in [-0.3, -0.25) is 5.10 Å². The fourth-order valence-corrected chi connectivity index (χ4v) is 2.09. The first-order valence-corrected chi connectivity index (χ1v) is 5.70. The normalized spacial score (nSPS) is 21.2. The first-order chi connectivity index (χ1) is 7.18. The van der Waals surface area contributed by atoms with E-state index in [-0.39, 0.29) is 0 Å². The lowest BCUT2D eigenvalue weighted by molar-refractivity contribution is 0.784. The summed E-state index contributed by atoms with van der Waals surface area (Å²) in [6, 6.07) is 0.534. The summed E-state index contributed by atoms with van der Waals surface area (Å²) in [5.41, 5.74) is 2.50. The predicted molar refractivity (Wildman–Crippen MR) is 62.3 cm³/mol. The molecule has 2 heterocycles. The molecule has 1 aliphatic rings. The van der Waals surface area contributed by atoms with Crippen molar-refractivity contribution in [3.8, 4) is 0 Å². The van der Waals surface area contributed by atoms with E-state index in [1.54, 1.807) is 0 Å². The fourth-order valence-electron chi connectivity index (χ4n) is 2.09. The largest absolute Gasteiger partial charge is 0.364 e. The number of hydrogen-bond donors (Lipinski definition) is 3. The van der Waals surface area contributed by atoms with Gasteiger partial charge in [-0.05, 0) is 25.8 Å². The zero-order valence-electron chi connectivity index (χ0n) is 9.72. The van der Waals surface area contributed by atoms with Crippen LogP contribution in [0.5, 0.6) is 0 Å². The maximum absolute atomic E-state index is 4.34. The third kappa shape index (κ3) is 2.15. The van der Waals surface area contributed by atoms with Crippen molar-refractivity contribution in [3.63, 3.8) is 0 Å². The standard InChI is InChI=1S/C11H20N4/c1-7(2)10-8(3)11(15-14-10)13-9-4-5-12-6-9/h7,9,12H,4-6H2,1-3H3,(H2,13,14,15). The van der Waals surface area contributed by atoms with Crippen molar-refractivity contribution < 1.29 is 0 Å². The Bertz CT molecular complexity index is 323. The van der Waals surface area contributed by atoms with Gasteiger partial charge in [0, 0.05) is 23.8 Å². The van der Waals surface area contributed by atoms with Gasteiger partial charge in [0.05, 0.1) is 0 Å². The van der Waals surface area contributed by atoms with Crippen LogP contribution in [0.15, 0.2) is 0 Å². The van der Waals surface area contributed by atoms with Crippen molar-refractivity contribution in [2.75, 3.05) is 18.4 Å². The molecule has 0 bridgehead atoms. The first kappa shape index (κ1) is 10.5. The zero-order valence-corrected chi connectivity index (χ0v) is 9.72. The molecule has 1 aromatic heterocycles. The first-order valence-electron chi connectivity index (χ1n) is 5.70. The number of hydrogen-bond acceptors (Lipinski definition) is 3. The van der Waals surface area contributed by atoms with Crippen molar-refractivity contribution in [2.24, 2.45) is 0 Å². The van der Waals surface area contributed by atoms with Gasteiger partial charge >= 0.3 is 0 Å². The molecule has 15 heavy (non-hydrogen) atoms. The van der Waals surface area contributed by atoms with Crippen molar-refractivity contribution >= 4 is 5.82 Å². The van der Waals surface area contributed by atoms with Gasteiger partial charge in [0.1, 0.15) is 0 Å². The maximum Gasteiger partial charge on any atom is 0.151 e. The number of H-pyrrole nitrogens is 1. The van der Waals surface area contributed by atoms with E-state index in [4.69, 9.17) is 0 Å². The summed E-state index contributed by atoms with van der Waals surface area (Å²) in [6.45, 7) is 8.65. The van der Waals surface area contributed by atoms with Gasteiger partial charge in [0.2, 0.25) is 0 Å². The lowest BCUT2D eigenvalue weighted by atomic mass is 10.1. The monoisotopic (exact) mass is 208 g/mol. The molecular weight excluding hydrogens is 188 g/mol. The third-order valence-electron chi connectivity index (χ3n) is 3.03. The second-order valence-corrected chi connectivity index (χ2v) is 4.60. The van der Waals surface area contributed by atoms with Crippen LogP contribution in [0.25, 0.3) is 0 Å². The van der Waals surface area contributed by atoms with E-state index in [9.17, 15) is 0 Å². The molecule has 84 valence electrons. The van der Waals surface area contributed by atoms with Gasteiger partial charge in [-0.15, -0.1) is 0 Å². The molecule has 0 radical (unpaired) electrons. The molecule has 1 unspecified atom stereocenters. The third-order valence-corrected chi connectivity index (χ3v) is 3.03. The number of aromatic amines is 1. The molecule has 1 saturated heterocycles. The van der Waals surface area contributed by atoms with Crippen molar-refractivity contribution in [1.82, 2.24) is 15.5 Å². The smallest absolute Gasteiger partial charge is 0.151 e. The van der Waals surface area contributed by atoms with Crippen LogP contribution in [-0.2, 0) is 0 Å². The molecule has 0 saturated carbocycles. The molecule has 0 aromatic carbocycles. The molecule has 0 amide bonds. The summed E-state index contributed by atoms with van der Waals surface area (Å²) in [6.07, 6.45) is 1.18. The minimum atomic E-state index is 0.509. The molecule has 1 fully saturated rings. The van der Waals surface area contributed by atoms with Crippen molar-refractivity contribution in [2.45, 2.75) is 39.2 Å². The van der Waals surface area contributed by atoms with Crippen LogP contribution < -0.4 is 10.6 Å². The minimum Gasteiger partial charge on any atom is -0.364 e. The van der Waals surface area contributed by atoms with E-state index < -0.39 is 0 Å². The van der Waals surface area contributed by atoms with Gasteiger partial charge < -0.3 is 10.6 Å². The van der Waals surface area contributed by atoms with Crippen LogP contribution >= 0.6 is 0 Å². The lowest BCUT2D eigenvalue weighted by Gasteiger charge is -2.11. The summed E-state index contributed by atoms with van der Waals surface area (Å²) in [4.78, 5) is 0. The highest BCUT2D eigenvalue weighted by atomic mass is 15.2. The highest BCUT2D eigenvalue weighted by Crippen LogP contribution is 2.23.